The third kappa shape index (κ3) is 7.68. The Balaban J connectivity index is 0.000000117. The SMILES string of the molecule is [2H]c1c([2H])c([2H])c(-c2nc(-n3c4ccccc4c4c5ccccc5c5c6ccccc6sc5c43)nc3c2oc2ccccc23)c([2H])c1[2H].[2H]c1c([2H])c([2H])c(-c2nc(Cl)nc3c2oc2ccccc23)c([2H])c1[2H].c1ccc2c(c1)[nH]c1c3sc4ccccc4c3c3ccccc3c21. The third-order valence-electron chi connectivity index (χ3n) is 16.2. The highest BCUT2D eigenvalue weighted by atomic mass is 35.5. The van der Waals surface area contributed by atoms with Gasteiger partial charge in [-0.25, -0.2) is 19.9 Å². The fourth-order valence-corrected chi connectivity index (χ4v) is 15.3. The van der Waals surface area contributed by atoms with Crippen LogP contribution in [0.5, 0.6) is 0 Å². The van der Waals surface area contributed by atoms with E-state index in [0.29, 0.717) is 33.5 Å². The number of benzene rings is 12. The van der Waals surface area contributed by atoms with Crippen LogP contribution in [0, 0.1) is 0 Å². The molecule has 0 spiro atoms. The monoisotopic (exact) mass is 1180 g/mol. The maximum atomic E-state index is 8.87. The first kappa shape index (κ1) is 40.5. The number of para-hydroxylation sites is 4. The van der Waals surface area contributed by atoms with E-state index >= 15 is 0 Å². The molecular formula is C76H43ClN6O2S2. The number of nitrogens with zero attached hydrogens (tertiary/aromatic N) is 5. The zero-order chi connectivity index (χ0) is 66.0. The number of nitrogens with one attached hydrogen (secondary N) is 1. The number of rotatable bonds is 3. The molecule has 0 bridgehead atoms. The van der Waals surface area contributed by atoms with Crippen molar-refractivity contribution in [1.29, 1.82) is 0 Å². The fourth-order valence-electron chi connectivity index (χ4n) is 12.7. The number of furan rings is 2. The molecule has 0 aliphatic carbocycles. The van der Waals surface area contributed by atoms with Crippen molar-refractivity contribution < 1.29 is 22.5 Å². The van der Waals surface area contributed by atoms with Crippen LogP contribution in [0.1, 0.15) is 13.7 Å². The van der Waals surface area contributed by atoms with Crippen molar-refractivity contribution in [2.24, 2.45) is 0 Å². The molecule has 0 radical (unpaired) electrons. The summed E-state index contributed by atoms with van der Waals surface area (Å²) in [6.45, 7) is 0. The van der Waals surface area contributed by atoms with Crippen LogP contribution in [0.25, 0.3) is 178 Å². The molecule has 20 rings (SSSR count). The summed E-state index contributed by atoms with van der Waals surface area (Å²) in [6, 6.07) is 61.7. The number of halogens is 1. The Morgan fingerprint density at radius 2 is 0.851 bits per heavy atom. The van der Waals surface area contributed by atoms with Gasteiger partial charge in [0.2, 0.25) is 11.2 Å². The van der Waals surface area contributed by atoms with Crippen molar-refractivity contribution >= 4 is 184 Å². The van der Waals surface area contributed by atoms with Gasteiger partial charge in [0.25, 0.3) is 0 Å². The molecule has 0 aliphatic heterocycles. The smallest absolute Gasteiger partial charge is 0.236 e. The molecule has 0 saturated heterocycles. The third-order valence-corrected chi connectivity index (χ3v) is 18.8. The Hall–Kier alpha value is -10.8. The first-order valence-electron chi connectivity index (χ1n) is 32.9. The Morgan fingerprint density at radius 3 is 1.46 bits per heavy atom. The quantitative estimate of drug-likeness (QED) is 0.177. The van der Waals surface area contributed by atoms with E-state index in [1.165, 1.54) is 62.8 Å². The highest BCUT2D eigenvalue weighted by molar-refractivity contribution is 7.27. The van der Waals surface area contributed by atoms with Gasteiger partial charge in [-0.1, -0.05) is 206 Å². The average Bonchev–Trinajstić information content (AvgIpc) is 1.55. The van der Waals surface area contributed by atoms with Gasteiger partial charge < -0.3 is 13.8 Å². The zero-order valence-electron chi connectivity index (χ0n) is 55.2. The molecule has 8 nitrogen and oxygen atoms in total. The summed E-state index contributed by atoms with van der Waals surface area (Å²) >= 11 is 9.64. The Bertz CT molecular complexity index is 6670. The van der Waals surface area contributed by atoms with Crippen LogP contribution < -0.4 is 0 Å². The highest BCUT2D eigenvalue weighted by Gasteiger charge is 2.26. The van der Waals surface area contributed by atoms with E-state index in [2.05, 4.69) is 153 Å². The predicted octanol–water partition coefficient (Wildman–Crippen LogP) is 22.2. The van der Waals surface area contributed by atoms with Gasteiger partial charge in [0, 0.05) is 79.9 Å². The van der Waals surface area contributed by atoms with Crippen LogP contribution in [0.2, 0.25) is 5.28 Å². The molecule has 12 aromatic carbocycles. The molecule has 8 aromatic heterocycles. The summed E-state index contributed by atoms with van der Waals surface area (Å²) in [7, 11) is 0. The number of aromatic amines is 1. The summed E-state index contributed by atoms with van der Waals surface area (Å²) in [6.07, 6.45) is 0. The molecule has 0 fully saturated rings. The van der Waals surface area contributed by atoms with Crippen LogP contribution in [0.15, 0.2) is 263 Å². The average molecular weight is 1180 g/mol. The number of aromatic nitrogens is 6. The largest absolute Gasteiger partial charge is 0.452 e. The van der Waals surface area contributed by atoms with Gasteiger partial charge in [-0.3, -0.25) is 4.57 Å². The maximum absolute atomic E-state index is 8.87. The van der Waals surface area contributed by atoms with Crippen LogP contribution >= 0.6 is 34.3 Å². The number of H-pyrrole nitrogens is 1. The molecule has 11 heteroatoms. The fraction of sp³-hybridized carbons (Fsp3) is 0. The molecule has 20 aromatic rings. The summed E-state index contributed by atoms with van der Waals surface area (Å²) in [5.74, 6) is 0.316. The van der Waals surface area contributed by atoms with Crippen molar-refractivity contribution in [2.45, 2.75) is 0 Å². The van der Waals surface area contributed by atoms with Crippen LogP contribution in [-0.2, 0) is 0 Å². The first-order valence-corrected chi connectivity index (χ1v) is 29.9. The van der Waals surface area contributed by atoms with Gasteiger partial charge in [0.15, 0.2) is 11.2 Å². The second-order valence-electron chi connectivity index (χ2n) is 21.0. The minimum Gasteiger partial charge on any atom is -0.452 e. The van der Waals surface area contributed by atoms with Gasteiger partial charge in [-0.05, 0) is 81.7 Å². The van der Waals surface area contributed by atoms with Gasteiger partial charge in [0.1, 0.15) is 33.6 Å². The van der Waals surface area contributed by atoms with E-state index in [-0.39, 0.29) is 63.1 Å². The molecular weight excluding hydrogens is 1130 g/mol. The van der Waals surface area contributed by atoms with E-state index in [0.717, 1.165) is 48.1 Å². The minimum atomic E-state index is -0.472. The summed E-state index contributed by atoms with van der Waals surface area (Å²) in [5, 5.41) is 16.1. The van der Waals surface area contributed by atoms with Crippen LogP contribution in [0.4, 0.5) is 0 Å². The van der Waals surface area contributed by atoms with Crippen LogP contribution in [0.3, 0.4) is 0 Å². The number of hydrogen-bond donors (Lipinski definition) is 1. The van der Waals surface area contributed by atoms with Crippen molar-refractivity contribution in [3.63, 3.8) is 0 Å². The second kappa shape index (κ2) is 19.7. The lowest BCUT2D eigenvalue weighted by molar-refractivity contribution is 0.666. The van der Waals surface area contributed by atoms with Gasteiger partial charge in [-0.2, -0.15) is 0 Å². The second-order valence-corrected chi connectivity index (χ2v) is 23.4. The van der Waals surface area contributed by atoms with Gasteiger partial charge >= 0.3 is 0 Å². The van der Waals surface area contributed by atoms with E-state index < -0.39 is 36.3 Å². The predicted molar refractivity (Wildman–Crippen MR) is 365 cm³/mol. The Kier molecular flexibility index (Phi) is 9.15. The molecule has 408 valence electrons. The molecule has 0 unspecified atom stereocenters. The van der Waals surface area contributed by atoms with Crippen LogP contribution in [-0.4, -0.2) is 29.5 Å². The molecule has 87 heavy (non-hydrogen) atoms. The molecule has 0 saturated carbocycles. The number of fused-ring (bicyclic) bond motifs is 26. The van der Waals surface area contributed by atoms with Gasteiger partial charge in [0.05, 0.1) is 39.7 Å². The van der Waals surface area contributed by atoms with Crippen molar-refractivity contribution in [3.8, 4) is 28.5 Å². The molecule has 0 atom stereocenters. The molecule has 0 aliphatic rings. The topological polar surface area (TPSA) is 98.6 Å². The zero-order valence-corrected chi connectivity index (χ0v) is 47.6. The number of hydrogen-bond acceptors (Lipinski definition) is 8. The molecule has 1 N–H and O–H groups in total. The van der Waals surface area contributed by atoms with Crippen molar-refractivity contribution in [3.05, 3.63) is 260 Å². The van der Waals surface area contributed by atoms with E-state index in [1.807, 2.05) is 53.8 Å². The Morgan fingerprint density at radius 1 is 0.402 bits per heavy atom. The minimum absolute atomic E-state index is 0.0352. The van der Waals surface area contributed by atoms with E-state index in [9.17, 15) is 0 Å². The van der Waals surface area contributed by atoms with E-state index in [4.69, 9.17) is 44.1 Å². The Labute approximate surface area is 521 Å². The van der Waals surface area contributed by atoms with Gasteiger partial charge in [-0.15, -0.1) is 22.7 Å². The molecule has 0 amide bonds. The lowest BCUT2D eigenvalue weighted by Gasteiger charge is -2.11. The van der Waals surface area contributed by atoms with E-state index in [1.54, 1.807) is 29.5 Å². The summed E-state index contributed by atoms with van der Waals surface area (Å²) < 4.78 is 102. The summed E-state index contributed by atoms with van der Waals surface area (Å²) in [4.78, 5) is 22.2. The lowest BCUT2D eigenvalue weighted by Crippen LogP contribution is -2.03. The lowest BCUT2D eigenvalue weighted by atomic mass is 9.99. The normalized spacial score (nSPS) is 13.6. The molecule has 8 heterocycles. The number of thiophene rings is 2. The standard InChI is InChI=1S/C38H21N3OS.C22H13NS.C16H9ClN2O/c1-2-12-22(13-3-1)33-36-34(26-17-7-10-20-29(26)42-36)40-38(39-33)41-28-19-9-6-16-25(28)31-23-14-4-5-15-24(23)32-27-18-8-11-21-30(27)43-37(32)35(31)41;1-2-8-14-13(7-1)19-15-9-3-5-11-17(15)23-21(19)22-20(14)16-10-4-6-12-18(16)24-22;17-16-18-13(10-6-2-1-3-7-10)15-14(19-16)11-8-4-5-9-12(11)20-15/h1-21H;1-12,23H;1-9H/i1D,2D,3D,12D,13D;;1D,2D,3D,6D,7D. The summed E-state index contributed by atoms with van der Waals surface area (Å²) in [5.41, 5.74) is 6.95. The van der Waals surface area contributed by atoms with Crippen molar-refractivity contribution in [1.82, 2.24) is 29.5 Å². The first-order chi connectivity index (χ1) is 47.2. The van der Waals surface area contributed by atoms with Crippen molar-refractivity contribution in [2.75, 3.05) is 0 Å². The maximum Gasteiger partial charge on any atom is 0.236 e. The highest BCUT2D eigenvalue weighted by Crippen LogP contribution is 2.49.